The van der Waals surface area contributed by atoms with Crippen molar-refractivity contribution < 1.29 is 9.53 Å². The molecule has 3 N–H and O–H groups in total. The van der Waals surface area contributed by atoms with Crippen molar-refractivity contribution >= 4 is 18.3 Å². The molecule has 0 heterocycles. The van der Waals surface area contributed by atoms with E-state index in [1.165, 1.54) is 0 Å². The van der Waals surface area contributed by atoms with Crippen LogP contribution in [0.25, 0.3) is 11.1 Å². The minimum Gasteiger partial charge on any atom is -0.483 e. The standard InChI is InChI=1S/C18H22N2O2.ClH/c1-14(19)11-12-20-18(21)13-22-17-10-6-5-9-16(17)15-7-3-2-4-8-15;/h2-10,14H,11-13,19H2,1H3,(H,20,21);1H. The van der Waals surface area contributed by atoms with Gasteiger partial charge < -0.3 is 15.8 Å². The summed E-state index contributed by atoms with van der Waals surface area (Å²) in [4.78, 5) is 11.8. The lowest BCUT2D eigenvalue weighted by Crippen LogP contribution is -2.32. The number of carbonyl (C=O) groups excluding carboxylic acids is 1. The number of benzene rings is 2. The Morgan fingerprint density at radius 2 is 1.78 bits per heavy atom. The molecule has 1 unspecified atom stereocenters. The second kappa shape index (κ2) is 9.87. The van der Waals surface area contributed by atoms with Crippen LogP contribution in [0.15, 0.2) is 54.6 Å². The molecule has 23 heavy (non-hydrogen) atoms. The summed E-state index contributed by atoms with van der Waals surface area (Å²) < 4.78 is 5.67. The number of rotatable bonds is 7. The fourth-order valence-electron chi connectivity index (χ4n) is 2.08. The molecule has 1 amide bonds. The monoisotopic (exact) mass is 334 g/mol. The molecule has 0 radical (unpaired) electrons. The average Bonchev–Trinajstić information content (AvgIpc) is 2.54. The number of amides is 1. The normalized spacial score (nSPS) is 11.2. The van der Waals surface area contributed by atoms with Crippen LogP contribution >= 0.6 is 12.4 Å². The molecule has 0 saturated carbocycles. The highest BCUT2D eigenvalue weighted by molar-refractivity contribution is 5.85. The number of para-hydroxylation sites is 1. The summed E-state index contributed by atoms with van der Waals surface area (Å²) in [6.45, 7) is 2.49. The third-order valence-corrected chi connectivity index (χ3v) is 3.25. The fourth-order valence-corrected chi connectivity index (χ4v) is 2.08. The van der Waals surface area contributed by atoms with Gasteiger partial charge in [0.1, 0.15) is 5.75 Å². The van der Waals surface area contributed by atoms with Gasteiger partial charge in [-0.3, -0.25) is 4.79 Å². The Labute approximate surface area is 143 Å². The van der Waals surface area contributed by atoms with Gasteiger partial charge in [0.05, 0.1) is 0 Å². The SMILES string of the molecule is CC(N)CCNC(=O)COc1ccccc1-c1ccccc1.Cl. The lowest BCUT2D eigenvalue weighted by atomic mass is 10.1. The van der Waals surface area contributed by atoms with Gasteiger partial charge in [-0.1, -0.05) is 48.5 Å². The molecule has 1 atom stereocenters. The van der Waals surface area contributed by atoms with E-state index in [0.29, 0.717) is 12.3 Å². The number of nitrogens with two attached hydrogens (primary N) is 1. The van der Waals surface area contributed by atoms with Gasteiger partial charge in [0.25, 0.3) is 5.91 Å². The molecule has 0 saturated heterocycles. The number of hydrogen-bond acceptors (Lipinski definition) is 3. The molecular weight excluding hydrogens is 312 g/mol. The van der Waals surface area contributed by atoms with Crippen LogP contribution in [-0.4, -0.2) is 25.1 Å². The van der Waals surface area contributed by atoms with Crippen molar-refractivity contribution in [1.82, 2.24) is 5.32 Å². The molecule has 0 spiro atoms. The Hall–Kier alpha value is -2.04. The van der Waals surface area contributed by atoms with Crippen LogP contribution in [0.4, 0.5) is 0 Å². The summed E-state index contributed by atoms with van der Waals surface area (Å²) in [6, 6.07) is 17.8. The average molecular weight is 335 g/mol. The van der Waals surface area contributed by atoms with Crippen molar-refractivity contribution in [3.05, 3.63) is 54.6 Å². The van der Waals surface area contributed by atoms with Gasteiger partial charge in [0.15, 0.2) is 6.61 Å². The largest absolute Gasteiger partial charge is 0.483 e. The quantitative estimate of drug-likeness (QED) is 0.818. The Kier molecular flexibility index (Phi) is 8.16. The van der Waals surface area contributed by atoms with Crippen molar-refractivity contribution in [2.45, 2.75) is 19.4 Å². The van der Waals surface area contributed by atoms with Gasteiger partial charge in [-0.05, 0) is 25.0 Å². The predicted molar refractivity (Wildman–Crippen MR) is 95.9 cm³/mol. The van der Waals surface area contributed by atoms with Crippen LogP contribution < -0.4 is 15.8 Å². The molecule has 2 aromatic carbocycles. The van der Waals surface area contributed by atoms with E-state index in [4.69, 9.17) is 10.5 Å². The predicted octanol–water partition coefficient (Wildman–Crippen LogP) is 3.01. The van der Waals surface area contributed by atoms with E-state index in [0.717, 1.165) is 17.5 Å². The van der Waals surface area contributed by atoms with Crippen LogP contribution in [0.5, 0.6) is 5.75 Å². The molecule has 0 fully saturated rings. The molecule has 2 rings (SSSR count). The topological polar surface area (TPSA) is 64.3 Å². The van der Waals surface area contributed by atoms with E-state index < -0.39 is 0 Å². The van der Waals surface area contributed by atoms with Crippen molar-refractivity contribution in [2.24, 2.45) is 5.73 Å². The summed E-state index contributed by atoms with van der Waals surface area (Å²) in [5.41, 5.74) is 7.69. The highest BCUT2D eigenvalue weighted by Crippen LogP contribution is 2.29. The van der Waals surface area contributed by atoms with E-state index in [1.807, 2.05) is 61.5 Å². The molecular formula is C18H23ClN2O2. The zero-order valence-electron chi connectivity index (χ0n) is 13.2. The second-order valence-electron chi connectivity index (χ2n) is 5.27. The highest BCUT2D eigenvalue weighted by atomic mass is 35.5. The van der Waals surface area contributed by atoms with Crippen LogP contribution in [0.2, 0.25) is 0 Å². The zero-order chi connectivity index (χ0) is 15.8. The van der Waals surface area contributed by atoms with Gasteiger partial charge in [0.2, 0.25) is 0 Å². The third-order valence-electron chi connectivity index (χ3n) is 3.25. The minimum atomic E-state index is -0.136. The van der Waals surface area contributed by atoms with E-state index in [-0.39, 0.29) is 31.0 Å². The smallest absolute Gasteiger partial charge is 0.257 e. The number of halogens is 1. The maximum atomic E-state index is 11.8. The molecule has 0 aliphatic heterocycles. The first-order valence-electron chi connectivity index (χ1n) is 7.46. The molecule has 2 aromatic rings. The Bertz CT molecular complexity index is 603. The zero-order valence-corrected chi connectivity index (χ0v) is 14.0. The van der Waals surface area contributed by atoms with Gasteiger partial charge in [-0.15, -0.1) is 12.4 Å². The lowest BCUT2D eigenvalue weighted by Gasteiger charge is -2.12. The summed E-state index contributed by atoms with van der Waals surface area (Å²) in [7, 11) is 0. The third kappa shape index (κ3) is 6.30. The van der Waals surface area contributed by atoms with Gasteiger partial charge in [-0.25, -0.2) is 0 Å². The van der Waals surface area contributed by atoms with Crippen LogP contribution in [0, 0.1) is 0 Å². The molecule has 124 valence electrons. The van der Waals surface area contributed by atoms with E-state index >= 15 is 0 Å². The molecule has 0 aliphatic carbocycles. The van der Waals surface area contributed by atoms with Gasteiger partial charge >= 0.3 is 0 Å². The van der Waals surface area contributed by atoms with Crippen molar-refractivity contribution in [3.8, 4) is 16.9 Å². The molecule has 0 aromatic heterocycles. The molecule has 4 nitrogen and oxygen atoms in total. The summed E-state index contributed by atoms with van der Waals surface area (Å²) in [5.74, 6) is 0.569. The van der Waals surface area contributed by atoms with Crippen molar-refractivity contribution in [3.63, 3.8) is 0 Å². The van der Waals surface area contributed by atoms with Crippen LogP contribution in [0.3, 0.4) is 0 Å². The van der Waals surface area contributed by atoms with Crippen molar-refractivity contribution in [2.75, 3.05) is 13.2 Å². The molecule has 0 bridgehead atoms. The van der Waals surface area contributed by atoms with E-state index in [2.05, 4.69) is 5.32 Å². The lowest BCUT2D eigenvalue weighted by molar-refractivity contribution is -0.123. The first-order valence-corrected chi connectivity index (χ1v) is 7.46. The maximum Gasteiger partial charge on any atom is 0.257 e. The van der Waals surface area contributed by atoms with Crippen molar-refractivity contribution in [1.29, 1.82) is 0 Å². The number of hydrogen-bond donors (Lipinski definition) is 2. The van der Waals surface area contributed by atoms with E-state index in [9.17, 15) is 4.79 Å². The van der Waals surface area contributed by atoms with Crippen LogP contribution in [0.1, 0.15) is 13.3 Å². The maximum absolute atomic E-state index is 11.8. The highest BCUT2D eigenvalue weighted by Gasteiger charge is 2.08. The first-order chi connectivity index (χ1) is 10.7. The Morgan fingerprint density at radius 1 is 1.13 bits per heavy atom. The van der Waals surface area contributed by atoms with E-state index in [1.54, 1.807) is 0 Å². The Balaban J connectivity index is 0.00000264. The van der Waals surface area contributed by atoms with Gasteiger partial charge in [0, 0.05) is 18.2 Å². The summed E-state index contributed by atoms with van der Waals surface area (Å²) >= 11 is 0. The Morgan fingerprint density at radius 3 is 2.48 bits per heavy atom. The number of ether oxygens (including phenoxy) is 1. The number of carbonyl (C=O) groups is 1. The molecule has 0 aliphatic rings. The van der Waals surface area contributed by atoms with Gasteiger partial charge in [-0.2, -0.15) is 0 Å². The summed E-state index contributed by atoms with van der Waals surface area (Å²) in [6.07, 6.45) is 0.756. The first kappa shape index (κ1) is 19.0. The second-order valence-corrected chi connectivity index (χ2v) is 5.27. The summed E-state index contributed by atoms with van der Waals surface area (Å²) in [5, 5.41) is 2.80. The molecule has 5 heteroatoms. The minimum absolute atomic E-state index is 0. The fraction of sp³-hybridized carbons (Fsp3) is 0.278. The van der Waals surface area contributed by atoms with Crippen LogP contribution in [-0.2, 0) is 4.79 Å². The number of nitrogens with one attached hydrogen (secondary N) is 1.